The van der Waals surface area contributed by atoms with Gasteiger partial charge >= 0.3 is 6.09 Å². The van der Waals surface area contributed by atoms with Crippen LogP contribution in [0, 0.1) is 5.82 Å². The molecule has 28 heavy (non-hydrogen) atoms. The molecule has 1 aliphatic rings. The highest BCUT2D eigenvalue weighted by molar-refractivity contribution is 5.69. The molecule has 3 atom stereocenters. The maximum absolute atomic E-state index is 13.9. The van der Waals surface area contributed by atoms with Gasteiger partial charge in [0.05, 0.1) is 12.1 Å². The number of carbonyl (C=O) groups is 1. The number of rotatable bonds is 4. The zero-order valence-corrected chi connectivity index (χ0v) is 16.6. The van der Waals surface area contributed by atoms with Gasteiger partial charge in [-0.2, -0.15) is 0 Å². The highest BCUT2D eigenvalue weighted by Crippen LogP contribution is 2.35. The van der Waals surface area contributed by atoms with Crippen LogP contribution in [0.15, 0.2) is 54.6 Å². The molecule has 0 aromatic heterocycles. The van der Waals surface area contributed by atoms with E-state index in [0.29, 0.717) is 18.5 Å². The molecule has 0 spiro atoms. The molecular weight excluding hydrogens is 357 g/mol. The van der Waals surface area contributed by atoms with Crippen molar-refractivity contribution in [2.75, 3.05) is 6.54 Å². The summed E-state index contributed by atoms with van der Waals surface area (Å²) in [6.45, 7) is 6.02. The van der Waals surface area contributed by atoms with E-state index in [0.717, 1.165) is 12.0 Å². The predicted octanol–water partition coefficient (Wildman–Crippen LogP) is 4.72. The number of hydrogen-bond acceptors (Lipinski definition) is 3. The number of amides is 1. The van der Waals surface area contributed by atoms with Crippen molar-refractivity contribution in [2.24, 2.45) is 0 Å². The topological polar surface area (TPSA) is 49.8 Å². The van der Waals surface area contributed by atoms with E-state index in [9.17, 15) is 14.3 Å². The van der Waals surface area contributed by atoms with Crippen molar-refractivity contribution >= 4 is 6.09 Å². The van der Waals surface area contributed by atoms with Crippen molar-refractivity contribution < 1.29 is 19.0 Å². The van der Waals surface area contributed by atoms with Crippen LogP contribution in [0.4, 0.5) is 9.18 Å². The third kappa shape index (κ3) is 4.71. The summed E-state index contributed by atoms with van der Waals surface area (Å²) in [6.07, 6.45) is 0.185. The normalized spacial score (nSPS) is 19.3. The van der Waals surface area contributed by atoms with Crippen LogP contribution < -0.4 is 0 Å². The number of likely N-dealkylation sites (tertiary alicyclic amines) is 1. The summed E-state index contributed by atoms with van der Waals surface area (Å²) in [5.74, 6) is -0.786. The van der Waals surface area contributed by atoms with Gasteiger partial charge < -0.3 is 14.7 Å². The molecule has 5 heteroatoms. The van der Waals surface area contributed by atoms with Crippen LogP contribution >= 0.6 is 0 Å². The second-order valence-corrected chi connectivity index (χ2v) is 8.32. The zero-order valence-electron chi connectivity index (χ0n) is 16.6. The predicted molar refractivity (Wildman–Crippen MR) is 107 cm³/mol. The number of aliphatic hydroxyl groups excluding tert-OH is 1. The maximum Gasteiger partial charge on any atom is 0.410 e. The monoisotopic (exact) mass is 385 g/mol. The summed E-state index contributed by atoms with van der Waals surface area (Å²) in [7, 11) is 0. The lowest BCUT2D eigenvalue weighted by Crippen LogP contribution is -2.47. The number of halogens is 1. The fraction of sp³-hybridized carbons (Fsp3) is 0.435. The van der Waals surface area contributed by atoms with E-state index in [1.54, 1.807) is 11.0 Å². The van der Waals surface area contributed by atoms with Crippen molar-refractivity contribution in [1.82, 2.24) is 4.90 Å². The summed E-state index contributed by atoms with van der Waals surface area (Å²) in [6, 6.07) is 15.5. The summed E-state index contributed by atoms with van der Waals surface area (Å²) in [5.41, 5.74) is 0.975. The molecular formula is C23H28FNO3. The molecule has 1 heterocycles. The Morgan fingerprint density at radius 3 is 2.46 bits per heavy atom. The fourth-order valence-corrected chi connectivity index (χ4v) is 3.86. The van der Waals surface area contributed by atoms with Crippen molar-refractivity contribution in [3.8, 4) is 0 Å². The number of nitrogens with zero attached hydrogens (tertiary/aromatic N) is 1. The van der Waals surface area contributed by atoms with E-state index in [4.69, 9.17) is 4.74 Å². The Morgan fingerprint density at radius 1 is 1.14 bits per heavy atom. The van der Waals surface area contributed by atoms with Crippen molar-refractivity contribution in [2.45, 2.75) is 57.3 Å². The van der Waals surface area contributed by atoms with E-state index in [2.05, 4.69) is 0 Å². The molecule has 1 unspecified atom stereocenters. The number of hydrogen-bond donors (Lipinski definition) is 1. The van der Waals surface area contributed by atoms with Crippen molar-refractivity contribution in [3.05, 3.63) is 71.5 Å². The van der Waals surface area contributed by atoms with E-state index >= 15 is 0 Å². The lowest BCUT2D eigenvalue weighted by Gasteiger charge is -2.35. The molecule has 1 saturated heterocycles. The van der Waals surface area contributed by atoms with E-state index in [1.165, 1.54) is 12.1 Å². The average Bonchev–Trinajstić information content (AvgIpc) is 3.11. The first-order valence-corrected chi connectivity index (χ1v) is 9.74. The summed E-state index contributed by atoms with van der Waals surface area (Å²) in [4.78, 5) is 14.3. The second kappa shape index (κ2) is 8.31. The number of aliphatic hydroxyl groups is 1. The van der Waals surface area contributed by atoms with Gasteiger partial charge in [-0.25, -0.2) is 9.18 Å². The van der Waals surface area contributed by atoms with Gasteiger partial charge in [-0.3, -0.25) is 0 Å². The van der Waals surface area contributed by atoms with Gasteiger partial charge in [-0.05, 0) is 56.9 Å². The first-order valence-electron chi connectivity index (χ1n) is 9.74. The Kier molecular flexibility index (Phi) is 6.04. The van der Waals surface area contributed by atoms with Crippen LogP contribution in [0.5, 0.6) is 0 Å². The quantitative estimate of drug-likeness (QED) is 0.829. The van der Waals surface area contributed by atoms with Crippen LogP contribution in [0.1, 0.15) is 50.7 Å². The van der Waals surface area contributed by atoms with Gasteiger partial charge in [-0.15, -0.1) is 0 Å². The minimum atomic E-state index is -0.876. The van der Waals surface area contributed by atoms with Gasteiger partial charge in [0.25, 0.3) is 0 Å². The second-order valence-electron chi connectivity index (χ2n) is 8.32. The van der Waals surface area contributed by atoms with Gasteiger partial charge in [0.2, 0.25) is 0 Å². The molecule has 3 rings (SSSR count). The van der Waals surface area contributed by atoms with Gasteiger partial charge in [0.15, 0.2) is 0 Å². The minimum Gasteiger partial charge on any atom is -0.444 e. The molecule has 2 aromatic carbocycles. The summed E-state index contributed by atoms with van der Waals surface area (Å²) < 4.78 is 19.4. The van der Waals surface area contributed by atoms with E-state index in [-0.39, 0.29) is 11.9 Å². The zero-order chi connectivity index (χ0) is 20.3. The molecule has 2 aromatic rings. The van der Waals surface area contributed by atoms with Crippen LogP contribution in [-0.4, -0.2) is 40.4 Å². The third-order valence-corrected chi connectivity index (χ3v) is 5.03. The Labute approximate surface area is 165 Å². The average molecular weight is 385 g/mol. The maximum atomic E-state index is 13.9. The Balaban J connectivity index is 1.92. The molecule has 0 radical (unpaired) electrons. The first-order chi connectivity index (χ1) is 13.3. The molecule has 4 nitrogen and oxygen atoms in total. The molecule has 0 aliphatic carbocycles. The first kappa shape index (κ1) is 20.3. The van der Waals surface area contributed by atoms with Crippen LogP contribution in [0.25, 0.3) is 0 Å². The Morgan fingerprint density at radius 2 is 1.82 bits per heavy atom. The minimum absolute atomic E-state index is 0.346. The standard InChI is InChI=1S/C23H28FNO3/c1-23(2,3)28-22(27)25-14-8-13-19(25)21(26)20(16-9-5-4-6-10-16)17-11-7-12-18(24)15-17/h4-7,9-12,15,19-21,26H,8,13-14H2,1-3H3/t19?,20-,21+/m1/s1. The van der Waals surface area contributed by atoms with Gasteiger partial charge in [-0.1, -0.05) is 42.5 Å². The molecule has 150 valence electrons. The van der Waals surface area contributed by atoms with Crippen LogP contribution in [-0.2, 0) is 4.74 Å². The lowest BCUT2D eigenvalue weighted by atomic mass is 9.83. The smallest absolute Gasteiger partial charge is 0.410 e. The van der Waals surface area contributed by atoms with Crippen molar-refractivity contribution in [1.29, 1.82) is 0 Å². The van der Waals surface area contributed by atoms with Crippen molar-refractivity contribution in [3.63, 3.8) is 0 Å². The van der Waals surface area contributed by atoms with Crippen LogP contribution in [0.2, 0.25) is 0 Å². The molecule has 1 N–H and O–H groups in total. The summed E-state index contributed by atoms with van der Waals surface area (Å²) in [5, 5.41) is 11.4. The number of benzene rings is 2. The Hall–Kier alpha value is -2.40. The molecule has 0 saturated carbocycles. The van der Waals surface area contributed by atoms with Gasteiger partial charge in [0, 0.05) is 12.5 Å². The number of ether oxygens (including phenoxy) is 1. The SMILES string of the molecule is CC(C)(C)OC(=O)N1CCCC1[C@H](O)[C@H](c1ccccc1)c1cccc(F)c1. The molecule has 1 fully saturated rings. The highest BCUT2D eigenvalue weighted by atomic mass is 19.1. The van der Waals surface area contributed by atoms with E-state index < -0.39 is 23.7 Å². The summed E-state index contributed by atoms with van der Waals surface area (Å²) >= 11 is 0. The Bertz CT molecular complexity index is 803. The highest BCUT2D eigenvalue weighted by Gasteiger charge is 2.40. The largest absolute Gasteiger partial charge is 0.444 e. The lowest BCUT2D eigenvalue weighted by molar-refractivity contribution is 0.00254. The number of carbonyl (C=O) groups excluding carboxylic acids is 1. The van der Waals surface area contributed by atoms with Crippen LogP contribution in [0.3, 0.4) is 0 Å². The third-order valence-electron chi connectivity index (χ3n) is 5.03. The molecule has 0 bridgehead atoms. The molecule has 1 aliphatic heterocycles. The molecule has 1 amide bonds. The fourth-order valence-electron chi connectivity index (χ4n) is 3.86. The van der Waals surface area contributed by atoms with E-state index in [1.807, 2.05) is 57.2 Å². The van der Waals surface area contributed by atoms with Gasteiger partial charge in [0.1, 0.15) is 11.4 Å².